The minimum absolute atomic E-state index is 0. The highest BCUT2D eigenvalue weighted by molar-refractivity contribution is 14.0. The number of nitrogens with one attached hydrogen (secondary N) is 1. The van der Waals surface area contributed by atoms with E-state index in [0.717, 1.165) is 24.6 Å². The number of benzene rings is 1. The second-order valence-electron chi connectivity index (χ2n) is 6.55. The zero-order valence-electron chi connectivity index (χ0n) is 16.2. The number of rotatable bonds is 8. The molecule has 1 aromatic carbocycles. The van der Waals surface area contributed by atoms with Gasteiger partial charge in [-0.1, -0.05) is 37.3 Å². The van der Waals surface area contributed by atoms with E-state index in [-0.39, 0.29) is 24.0 Å². The van der Waals surface area contributed by atoms with Gasteiger partial charge in [0.25, 0.3) is 0 Å². The van der Waals surface area contributed by atoms with Crippen molar-refractivity contribution in [1.29, 1.82) is 0 Å². The van der Waals surface area contributed by atoms with E-state index in [0.29, 0.717) is 24.1 Å². The highest BCUT2D eigenvalue weighted by Crippen LogP contribution is 2.17. The Morgan fingerprint density at radius 3 is 2.77 bits per heavy atom. The Morgan fingerprint density at radius 1 is 1.38 bits per heavy atom. The molecule has 2 rings (SSSR count). The van der Waals surface area contributed by atoms with Gasteiger partial charge in [-0.2, -0.15) is 0 Å². The number of hydrogen-bond acceptors (Lipinski definition) is 3. The van der Waals surface area contributed by atoms with E-state index >= 15 is 0 Å². The average molecular weight is 492 g/mol. The highest BCUT2D eigenvalue weighted by atomic mass is 127. The Bertz CT molecular complexity index is 570. The van der Waals surface area contributed by atoms with Gasteiger partial charge in [-0.3, -0.25) is 14.1 Å². The van der Waals surface area contributed by atoms with Crippen LogP contribution in [0, 0.1) is 0 Å². The molecule has 2 atom stereocenters. The Labute approximate surface area is 178 Å². The second kappa shape index (κ2) is 12.7. The van der Waals surface area contributed by atoms with E-state index in [4.69, 9.17) is 0 Å². The molecule has 2 unspecified atom stereocenters. The lowest BCUT2D eigenvalue weighted by Crippen LogP contribution is -2.46. The molecule has 1 N–H and O–H groups in total. The van der Waals surface area contributed by atoms with Crippen molar-refractivity contribution in [3.63, 3.8) is 0 Å². The largest absolute Gasteiger partial charge is 0.355 e. The van der Waals surface area contributed by atoms with Gasteiger partial charge in [0.2, 0.25) is 0 Å². The monoisotopic (exact) mass is 492 g/mol. The summed E-state index contributed by atoms with van der Waals surface area (Å²) in [6.07, 6.45) is 2.55. The van der Waals surface area contributed by atoms with Crippen LogP contribution in [0.3, 0.4) is 0 Å². The number of halogens is 1. The molecule has 0 saturated carbocycles. The highest BCUT2D eigenvalue weighted by Gasteiger charge is 2.24. The molecular weight excluding hydrogens is 459 g/mol. The Hall–Kier alpha value is -0.670. The number of nitrogens with zero attached hydrogens (tertiary/aromatic N) is 3. The molecular formula is C19H33IN4OS. The van der Waals surface area contributed by atoms with Crippen molar-refractivity contribution in [2.45, 2.75) is 31.6 Å². The fourth-order valence-corrected chi connectivity index (χ4v) is 4.45. The molecule has 1 aliphatic heterocycles. The molecule has 0 bridgehead atoms. The molecule has 0 spiro atoms. The maximum Gasteiger partial charge on any atom is 0.193 e. The van der Waals surface area contributed by atoms with Crippen molar-refractivity contribution in [2.75, 3.05) is 46.0 Å². The zero-order valence-corrected chi connectivity index (χ0v) is 19.3. The van der Waals surface area contributed by atoms with E-state index < -0.39 is 10.8 Å². The summed E-state index contributed by atoms with van der Waals surface area (Å²) in [5, 5.41) is 3.36. The van der Waals surface area contributed by atoms with E-state index in [1.54, 1.807) is 0 Å². The first-order chi connectivity index (χ1) is 12.1. The van der Waals surface area contributed by atoms with Gasteiger partial charge in [-0.25, -0.2) is 0 Å². The number of guanidine groups is 1. The van der Waals surface area contributed by atoms with Crippen LogP contribution >= 0.6 is 24.0 Å². The standard InChI is InChI=1S/C19H32N4OS.HI/c1-4-23-13-8-11-18(23)15-22(3)19(20-2)21-12-14-25(24)16-17-9-6-5-7-10-17;/h5-7,9-10,18H,4,8,11-16H2,1-3H3,(H,20,21);1H. The van der Waals surface area contributed by atoms with E-state index in [9.17, 15) is 4.21 Å². The molecule has 7 heteroatoms. The van der Waals surface area contributed by atoms with Crippen molar-refractivity contribution >= 4 is 40.7 Å². The van der Waals surface area contributed by atoms with Crippen LogP contribution in [0.4, 0.5) is 0 Å². The van der Waals surface area contributed by atoms with Crippen LogP contribution in [0.2, 0.25) is 0 Å². The van der Waals surface area contributed by atoms with Gasteiger partial charge in [0.05, 0.1) is 0 Å². The number of likely N-dealkylation sites (tertiary alicyclic amines) is 1. The molecule has 1 saturated heterocycles. The van der Waals surface area contributed by atoms with Crippen LogP contribution in [-0.2, 0) is 16.6 Å². The molecule has 0 aromatic heterocycles. The van der Waals surface area contributed by atoms with Crippen molar-refractivity contribution in [2.24, 2.45) is 4.99 Å². The van der Waals surface area contributed by atoms with Gasteiger partial charge in [0.15, 0.2) is 5.96 Å². The molecule has 1 fully saturated rings. The van der Waals surface area contributed by atoms with E-state index in [1.165, 1.54) is 19.4 Å². The van der Waals surface area contributed by atoms with Gasteiger partial charge in [-0.15, -0.1) is 24.0 Å². The molecule has 26 heavy (non-hydrogen) atoms. The minimum Gasteiger partial charge on any atom is -0.355 e. The predicted molar refractivity (Wildman–Crippen MR) is 123 cm³/mol. The summed E-state index contributed by atoms with van der Waals surface area (Å²) in [5.74, 6) is 2.14. The van der Waals surface area contributed by atoms with Crippen LogP contribution < -0.4 is 5.32 Å². The summed E-state index contributed by atoms with van der Waals surface area (Å²) >= 11 is 0. The quantitative estimate of drug-likeness (QED) is 0.344. The molecule has 1 aliphatic rings. The third-order valence-corrected chi connectivity index (χ3v) is 6.06. The molecule has 1 heterocycles. The lowest BCUT2D eigenvalue weighted by Gasteiger charge is -2.29. The second-order valence-corrected chi connectivity index (χ2v) is 8.13. The number of hydrogen-bond donors (Lipinski definition) is 1. The van der Waals surface area contributed by atoms with Crippen LogP contribution in [0.5, 0.6) is 0 Å². The topological polar surface area (TPSA) is 47.9 Å². The molecule has 5 nitrogen and oxygen atoms in total. The summed E-state index contributed by atoms with van der Waals surface area (Å²) in [6, 6.07) is 10.6. The Balaban J connectivity index is 0.00000338. The maximum atomic E-state index is 12.2. The van der Waals surface area contributed by atoms with Gasteiger partial charge in [0, 0.05) is 55.5 Å². The Kier molecular flexibility index (Phi) is 11.4. The first-order valence-corrected chi connectivity index (χ1v) is 10.7. The van der Waals surface area contributed by atoms with Gasteiger partial charge < -0.3 is 10.2 Å². The summed E-state index contributed by atoms with van der Waals surface area (Å²) in [5.41, 5.74) is 1.13. The van der Waals surface area contributed by atoms with Crippen molar-refractivity contribution < 1.29 is 4.21 Å². The lowest BCUT2D eigenvalue weighted by molar-refractivity contribution is 0.233. The Morgan fingerprint density at radius 2 is 2.12 bits per heavy atom. The summed E-state index contributed by atoms with van der Waals surface area (Å²) in [4.78, 5) is 9.11. The molecule has 148 valence electrons. The third kappa shape index (κ3) is 7.52. The molecule has 0 aliphatic carbocycles. The van der Waals surface area contributed by atoms with Crippen LogP contribution in [0.25, 0.3) is 0 Å². The van der Waals surface area contributed by atoms with Crippen molar-refractivity contribution in [1.82, 2.24) is 15.1 Å². The number of aliphatic imine (C=N–C) groups is 1. The molecule has 0 radical (unpaired) electrons. The first-order valence-electron chi connectivity index (χ1n) is 9.18. The first kappa shape index (κ1) is 23.4. The fraction of sp³-hybridized carbons (Fsp3) is 0.632. The minimum atomic E-state index is -0.858. The zero-order chi connectivity index (χ0) is 18.1. The maximum absolute atomic E-state index is 12.2. The van der Waals surface area contributed by atoms with Crippen LogP contribution in [0.15, 0.2) is 35.3 Å². The van der Waals surface area contributed by atoms with Crippen LogP contribution in [0.1, 0.15) is 25.3 Å². The van der Waals surface area contributed by atoms with Gasteiger partial charge >= 0.3 is 0 Å². The van der Waals surface area contributed by atoms with Gasteiger partial charge in [0.1, 0.15) is 0 Å². The SMILES string of the molecule is CCN1CCCC1CN(C)C(=NC)NCCS(=O)Cc1ccccc1.I. The van der Waals surface area contributed by atoms with Crippen molar-refractivity contribution in [3.05, 3.63) is 35.9 Å². The third-order valence-electron chi connectivity index (χ3n) is 4.75. The van der Waals surface area contributed by atoms with E-state index in [1.807, 2.05) is 37.4 Å². The van der Waals surface area contributed by atoms with Gasteiger partial charge in [-0.05, 0) is 31.5 Å². The fourth-order valence-electron chi connectivity index (χ4n) is 3.41. The summed E-state index contributed by atoms with van der Waals surface area (Å²) in [6.45, 7) is 6.22. The number of likely N-dealkylation sites (N-methyl/N-ethyl adjacent to an activating group) is 2. The normalized spacial score (nSPS) is 19.0. The average Bonchev–Trinajstić information content (AvgIpc) is 3.06. The van der Waals surface area contributed by atoms with Crippen molar-refractivity contribution in [3.8, 4) is 0 Å². The summed E-state index contributed by atoms with van der Waals surface area (Å²) < 4.78 is 12.2. The van der Waals surface area contributed by atoms with Crippen LogP contribution in [-0.4, -0.2) is 72.0 Å². The molecule has 1 aromatic rings. The smallest absolute Gasteiger partial charge is 0.193 e. The molecule has 0 amide bonds. The summed E-state index contributed by atoms with van der Waals surface area (Å²) in [7, 11) is 3.04. The lowest BCUT2D eigenvalue weighted by atomic mass is 10.2. The van der Waals surface area contributed by atoms with E-state index in [2.05, 4.69) is 34.1 Å². The predicted octanol–water partition coefficient (Wildman–Crippen LogP) is 2.54.